The molecule has 0 bridgehead atoms. The van der Waals surface area contributed by atoms with Gasteiger partial charge < -0.3 is 5.73 Å². The molecular weight excluding hydrogens is 228 g/mol. The smallest absolute Gasteiger partial charge is 0.214 e. The van der Waals surface area contributed by atoms with Gasteiger partial charge in [-0.25, -0.2) is 12.7 Å². The summed E-state index contributed by atoms with van der Waals surface area (Å²) in [6.07, 6.45) is 3.95. The van der Waals surface area contributed by atoms with Gasteiger partial charge in [0.05, 0.1) is 11.9 Å². The van der Waals surface area contributed by atoms with Crippen LogP contribution in [0.25, 0.3) is 0 Å². The van der Waals surface area contributed by atoms with Crippen LogP contribution >= 0.6 is 0 Å². The Morgan fingerprint density at radius 1 is 1.56 bits per heavy atom. The van der Waals surface area contributed by atoms with E-state index in [1.165, 1.54) is 4.31 Å². The molecule has 0 unspecified atom stereocenters. The van der Waals surface area contributed by atoms with Crippen LogP contribution in [-0.4, -0.2) is 41.8 Å². The van der Waals surface area contributed by atoms with Crippen LogP contribution in [0.5, 0.6) is 0 Å². The monoisotopic (exact) mass is 246 g/mol. The fourth-order valence-electron chi connectivity index (χ4n) is 1.33. The maximum Gasteiger partial charge on any atom is 0.214 e. The van der Waals surface area contributed by atoms with E-state index >= 15 is 0 Å². The highest BCUT2D eigenvalue weighted by atomic mass is 32.2. The van der Waals surface area contributed by atoms with Crippen molar-refractivity contribution >= 4 is 10.0 Å². The molecule has 0 saturated heterocycles. The average molecular weight is 246 g/mol. The Hall–Kier alpha value is -0.920. The van der Waals surface area contributed by atoms with Gasteiger partial charge in [-0.2, -0.15) is 5.10 Å². The molecule has 0 spiro atoms. The van der Waals surface area contributed by atoms with Crippen LogP contribution in [0.2, 0.25) is 0 Å². The molecule has 16 heavy (non-hydrogen) atoms. The third kappa shape index (κ3) is 3.58. The number of aromatic nitrogens is 2. The summed E-state index contributed by atoms with van der Waals surface area (Å²) in [6.45, 7) is 0.737. The summed E-state index contributed by atoms with van der Waals surface area (Å²) < 4.78 is 26.5. The van der Waals surface area contributed by atoms with E-state index in [4.69, 9.17) is 5.73 Å². The molecule has 0 radical (unpaired) electrons. The number of rotatable bonds is 6. The fraction of sp³-hybridized carbons (Fsp3) is 0.667. The zero-order valence-corrected chi connectivity index (χ0v) is 10.4. The van der Waals surface area contributed by atoms with Crippen LogP contribution in [0.4, 0.5) is 0 Å². The largest absolute Gasteiger partial charge is 0.330 e. The first-order valence-corrected chi connectivity index (χ1v) is 6.68. The van der Waals surface area contributed by atoms with E-state index in [9.17, 15) is 8.42 Å². The minimum absolute atomic E-state index is 0.0975. The summed E-state index contributed by atoms with van der Waals surface area (Å²) in [5, 5.41) is 3.99. The molecule has 92 valence electrons. The Morgan fingerprint density at radius 2 is 2.25 bits per heavy atom. The van der Waals surface area contributed by atoms with Gasteiger partial charge in [0, 0.05) is 32.4 Å². The number of aryl methyl sites for hydroxylation is 1. The van der Waals surface area contributed by atoms with Crippen LogP contribution in [-0.2, 0) is 23.6 Å². The van der Waals surface area contributed by atoms with E-state index in [2.05, 4.69) is 5.10 Å². The predicted octanol–water partition coefficient (Wildman–Crippen LogP) is -0.469. The lowest BCUT2D eigenvalue weighted by atomic mass is 10.4. The van der Waals surface area contributed by atoms with Crippen LogP contribution in [0.1, 0.15) is 12.0 Å². The molecule has 2 N–H and O–H groups in total. The quantitative estimate of drug-likeness (QED) is 0.736. The molecule has 7 heteroatoms. The summed E-state index contributed by atoms with van der Waals surface area (Å²) >= 11 is 0. The van der Waals surface area contributed by atoms with E-state index in [-0.39, 0.29) is 5.75 Å². The van der Waals surface area contributed by atoms with Gasteiger partial charge in [0.1, 0.15) is 0 Å². The zero-order chi connectivity index (χ0) is 12.2. The number of sulfonamides is 1. The van der Waals surface area contributed by atoms with Gasteiger partial charge in [-0.1, -0.05) is 0 Å². The van der Waals surface area contributed by atoms with Crippen LogP contribution in [0, 0.1) is 0 Å². The Balaban J connectivity index is 2.61. The average Bonchev–Trinajstić information content (AvgIpc) is 2.61. The first-order chi connectivity index (χ1) is 7.45. The van der Waals surface area contributed by atoms with E-state index < -0.39 is 10.0 Å². The van der Waals surface area contributed by atoms with Crippen LogP contribution < -0.4 is 5.73 Å². The first-order valence-electron chi connectivity index (χ1n) is 5.07. The summed E-state index contributed by atoms with van der Waals surface area (Å²) in [5.74, 6) is 0.0975. The third-order valence-electron chi connectivity index (χ3n) is 2.24. The van der Waals surface area contributed by atoms with Crippen molar-refractivity contribution in [1.82, 2.24) is 14.1 Å². The number of nitrogens with two attached hydrogens (primary N) is 1. The number of nitrogens with zero attached hydrogens (tertiary/aromatic N) is 3. The standard InChI is InChI=1S/C9H18N4O2S/c1-12-7-9(6-11-12)8-13(2)16(14,15)5-3-4-10/h6-7H,3-5,8,10H2,1-2H3. The van der Waals surface area contributed by atoms with Crippen molar-refractivity contribution in [3.63, 3.8) is 0 Å². The van der Waals surface area contributed by atoms with Crippen molar-refractivity contribution in [2.75, 3.05) is 19.3 Å². The SMILES string of the molecule is CN(Cc1cnn(C)c1)S(=O)(=O)CCCN. The minimum Gasteiger partial charge on any atom is -0.330 e. The topological polar surface area (TPSA) is 81.2 Å². The van der Waals surface area contributed by atoms with Crippen molar-refractivity contribution in [1.29, 1.82) is 0 Å². The lowest BCUT2D eigenvalue weighted by molar-refractivity contribution is 0.465. The molecule has 0 amide bonds. The van der Waals surface area contributed by atoms with E-state index in [1.807, 2.05) is 0 Å². The summed E-state index contributed by atoms with van der Waals surface area (Å²) in [6, 6.07) is 0. The van der Waals surface area contributed by atoms with Crippen molar-refractivity contribution in [2.24, 2.45) is 12.8 Å². The molecule has 0 fully saturated rings. The first kappa shape index (κ1) is 13.1. The molecular formula is C9H18N4O2S. The molecule has 0 aliphatic carbocycles. The van der Waals surface area contributed by atoms with Gasteiger partial charge in [0.25, 0.3) is 0 Å². The third-order valence-corrected chi connectivity index (χ3v) is 4.13. The summed E-state index contributed by atoms with van der Waals surface area (Å²) in [4.78, 5) is 0. The minimum atomic E-state index is -3.20. The lowest BCUT2D eigenvalue weighted by Gasteiger charge is -2.15. The Bertz CT molecular complexity index is 426. The highest BCUT2D eigenvalue weighted by Gasteiger charge is 2.17. The highest BCUT2D eigenvalue weighted by Crippen LogP contribution is 2.07. The normalized spacial score (nSPS) is 12.2. The number of hydrogen-bond donors (Lipinski definition) is 1. The molecule has 0 atom stereocenters. The molecule has 1 rings (SSSR count). The molecule has 0 aromatic carbocycles. The molecule has 0 aliphatic rings. The second kappa shape index (κ2) is 5.42. The highest BCUT2D eigenvalue weighted by molar-refractivity contribution is 7.89. The lowest BCUT2D eigenvalue weighted by Crippen LogP contribution is -2.29. The van der Waals surface area contributed by atoms with Gasteiger partial charge in [0.15, 0.2) is 0 Å². The fourth-order valence-corrected chi connectivity index (χ4v) is 2.52. The van der Waals surface area contributed by atoms with Gasteiger partial charge >= 0.3 is 0 Å². The molecule has 0 saturated carbocycles. The maximum absolute atomic E-state index is 11.7. The maximum atomic E-state index is 11.7. The van der Waals surface area contributed by atoms with E-state index in [1.54, 1.807) is 31.2 Å². The molecule has 1 aromatic heterocycles. The van der Waals surface area contributed by atoms with Crippen molar-refractivity contribution in [3.8, 4) is 0 Å². The van der Waals surface area contributed by atoms with Gasteiger partial charge in [-0.05, 0) is 13.0 Å². The van der Waals surface area contributed by atoms with Gasteiger partial charge in [-0.15, -0.1) is 0 Å². The zero-order valence-electron chi connectivity index (χ0n) is 9.63. The van der Waals surface area contributed by atoms with E-state index in [0.29, 0.717) is 19.5 Å². The van der Waals surface area contributed by atoms with Crippen molar-refractivity contribution in [3.05, 3.63) is 18.0 Å². The Kier molecular flexibility index (Phi) is 4.45. The van der Waals surface area contributed by atoms with Crippen molar-refractivity contribution < 1.29 is 8.42 Å². The van der Waals surface area contributed by atoms with Gasteiger partial charge in [-0.3, -0.25) is 4.68 Å². The Morgan fingerprint density at radius 3 is 2.75 bits per heavy atom. The second-order valence-corrected chi connectivity index (χ2v) is 5.93. The molecule has 1 aromatic rings. The molecule has 1 heterocycles. The predicted molar refractivity (Wildman–Crippen MR) is 62.1 cm³/mol. The molecule has 0 aliphatic heterocycles. The van der Waals surface area contributed by atoms with Crippen molar-refractivity contribution in [2.45, 2.75) is 13.0 Å². The summed E-state index contributed by atoms with van der Waals surface area (Å²) in [7, 11) is 0.171. The number of hydrogen-bond acceptors (Lipinski definition) is 4. The van der Waals surface area contributed by atoms with E-state index in [0.717, 1.165) is 5.56 Å². The van der Waals surface area contributed by atoms with Gasteiger partial charge in [0.2, 0.25) is 10.0 Å². The summed E-state index contributed by atoms with van der Waals surface area (Å²) in [5.41, 5.74) is 6.17. The van der Waals surface area contributed by atoms with Crippen LogP contribution in [0.3, 0.4) is 0 Å². The second-order valence-electron chi connectivity index (χ2n) is 3.74. The van der Waals surface area contributed by atoms with Crippen LogP contribution in [0.15, 0.2) is 12.4 Å². The Labute approximate surface area is 96.1 Å². The molecule has 6 nitrogen and oxygen atoms in total.